The molecule has 0 amide bonds. The maximum absolute atomic E-state index is 3.68. The number of fused-ring (bicyclic) bond motifs is 6. The Morgan fingerprint density at radius 2 is 0.485 bits per heavy atom. The summed E-state index contributed by atoms with van der Waals surface area (Å²) in [5.74, 6) is 0. The van der Waals surface area contributed by atoms with Crippen LogP contribution in [-0.4, -0.2) is 0 Å². The summed E-state index contributed by atoms with van der Waals surface area (Å²) in [6.07, 6.45) is 36.9. The van der Waals surface area contributed by atoms with Gasteiger partial charge in [-0.3, -0.25) is 0 Å². The van der Waals surface area contributed by atoms with E-state index in [1.54, 1.807) is 16.7 Å². The van der Waals surface area contributed by atoms with Gasteiger partial charge >= 0.3 is 0 Å². The van der Waals surface area contributed by atoms with Gasteiger partial charge in [-0.15, -0.1) is 0 Å². The van der Waals surface area contributed by atoms with Gasteiger partial charge in [0.1, 0.15) is 0 Å². The van der Waals surface area contributed by atoms with E-state index in [4.69, 9.17) is 0 Å². The number of unbranched alkanes of at least 4 members (excludes halogenated alkanes) is 20. The second kappa shape index (κ2) is 36.2. The predicted molar refractivity (Wildman–Crippen MR) is 425 cm³/mol. The number of halogens is 1. The smallest absolute Gasteiger partial charge is 0.0465 e. The average Bonchev–Trinajstić information content (AvgIpc) is 1.58. The molecule has 0 unspecified atom stereocenters. The van der Waals surface area contributed by atoms with Crippen LogP contribution in [0.2, 0.25) is 0 Å². The molecule has 0 bridgehead atoms. The largest absolute Gasteiger partial charge is 0.310 e. The van der Waals surface area contributed by atoms with E-state index >= 15 is 0 Å². The van der Waals surface area contributed by atoms with Crippen molar-refractivity contribution in [2.45, 2.75) is 218 Å². The summed E-state index contributed by atoms with van der Waals surface area (Å²) >= 11 is 3.68. The standard InChI is InChI=1S/C47H54BrN.C47H55N/c1-3-5-7-9-11-18-34-47(35-19-12-10-8-6-4-2)45-23-17-16-22-43(45)44-33-32-42(36-46(44)47)49(41-30-26-39(48)27-31-41)40-28-24-38(25-29-40)37-20-14-13-15-21-37;1-3-5-7-9-11-21-35-47(36-22-12-10-8-6-4-2)45-28-20-19-27-43(45)44-34-33-42(37-46(44)47)48(40-25-17-14-18-26-40)41-31-29-39(30-32-41)38-23-15-13-16-24-38/h13-17,20-33,36H,3-12,18-19,34-35H2,1-2H3;13-20,23-34,37H,3-12,21-22,35-36H2,1-2H3. The monoisotopic (exact) mass is 1340 g/mol. The van der Waals surface area contributed by atoms with Crippen molar-refractivity contribution in [2.24, 2.45) is 0 Å². The average molecular weight is 1350 g/mol. The highest BCUT2D eigenvalue weighted by Gasteiger charge is 2.44. The SMILES string of the molecule is CCCCCCCCC1(CCCCCCCC)c2ccccc2-c2ccc(N(c3ccc(Br)cc3)c3ccc(-c4ccccc4)cc3)cc21.CCCCCCCCC1(CCCCCCCC)c2ccccc2-c2ccc(N(c3ccccc3)c3ccc(-c4ccccc4)cc3)cc21. The van der Waals surface area contributed by atoms with E-state index in [9.17, 15) is 0 Å². The van der Waals surface area contributed by atoms with Gasteiger partial charge in [-0.05, 0) is 177 Å². The van der Waals surface area contributed by atoms with E-state index in [0.717, 1.165) is 4.47 Å². The molecular formula is C94H109BrN2. The van der Waals surface area contributed by atoms with Crippen LogP contribution < -0.4 is 9.80 Å². The molecule has 3 heteroatoms. The summed E-state index contributed by atoms with van der Waals surface area (Å²) in [4.78, 5) is 4.91. The van der Waals surface area contributed by atoms with E-state index in [-0.39, 0.29) is 10.8 Å². The van der Waals surface area contributed by atoms with Gasteiger partial charge in [0, 0.05) is 49.4 Å². The van der Waals surface area contributed by atoms with Crippen molar-refractivity contribution in [1.29, 1.82) is 0 Å². The van der Waals surface area contributed by atoms with E-state index < -0.39 is 0 Å². The fourth-order valence-corrected chi connectivity index (χ4v) is 16.5. The quantitative estimate of drug-likeness (QED) is 0.0361. The van der Waals surface area contributed by atoms with Gasteiger partial charge in [0.05, 0.1) is 0 Å². The number of para-hydroxylation sites is 1. The van der Waals surface area contributed by atoms with Gasteiger partial charge in [0.2, 0.25) is 0 Å². The fraction of sp³-hybridized carbons (Fsp3) is 0.362. The first-order chi connectivity index (χ1) is 47.9. The van der Waals surface area contributed by atoms with Crippen molar-refractivity contribution in [1.82, 2.24) is 0 Å². The zero-order chi connectivity index (χ0) is 66.9. The molecule has 0 radical (unpaired) electrons. The Morgan fingerprint density at radius 1 is 0.227 bits per heavy atom. The number of anilines is 6. The first-order valence-electron chi connectivity index (χ1n) is 38.1. The molecule has 12 rings (SSSR count). The molecule has 10 aromatic carbocycles. The molecule has 97 heavy (non-hydrogen) atoms. The molecule has 0 spiro atoms. The Bertz CT molecular complexity index is 3910. The molecule has 10 aromatic rings. The van der Waals surface area contributed by atoms with Crippen LogP contribution in [0.25, 0.3) is 44.5 Å². The third-order valence-electron chi connectivity index (χ3n) is 21.4. The summed E-state index contributed by atoms with van der Waals surface area (Å²) in [5.41, 5.74) is 24.3. The van der Waals surface area contributed by atoms with Crippen LogP contribution in [-0.2, 0) is 10.8 Å². The molecule has 0 N–H and O–H groups in total. The van der Waals surface area contributed by atoms with E-state index in [1.807, 2.05) is 0 Å². The minimum atomic E-state index is 0.0556. The number of benzene rings is 10. The molecular weight excluding hydrogens is 1240 g/mol. The Kier molecular flexibility index (Phi) is 26.4. The Hall–Kier alpha value is -7.72. The van der Waals surface area contributed by atoms with Gasteiger partial charge in [0.15, 0.2) is 0 Å². The second-order valence-corrected chi connectivity index (χ2v) is 29.0. The maximum Gasteiger partial charge on any atom is 0.0465 e. The van der Waals surface area contributed by atoms with Crippen molar-refractivity contribution in [2.75, 3.05) is 9.80 Å². The highest BCUT2D eigenvalue weighted by molar-refractivity contribution is 9.10. The van der Waals surface area contributed by atoms with Crippen molar-refractivity contribution in [3.63, 3.8) is 0 Å². The molecule has 0 saturated heterocycles. The van der Waals surface area contributed by atoms with Gasteiger partial charge in [0.25, 0.3) is 0 Å². The van der Waals surface area contributed by atoms with E-state index in [1.165, 1.54) is 264 Å². The number of rotatable bonds is 36. The predicted octanol–water partition coefficient (Wildman–Crippen LogP) is 29.9. The number of hydrogen-bond acceptors (Lipinski definition) is 2. The fourth-order valence-electron chi connectivity index (χ4n) is 16.2. The zero-order valence-corrected chi connectivity index (χ0v) is 60.8. The molecule has 2 aliphatic rings. The zero-order valence-electron chi connectivity index (χ0n) is 59.2. The van der Waals surface area contributed by atoms with E-state index in [0.29, 0.717) is 0 Å². The summed E-state index contributed by atoms with van der Waals surface area (Å²) < 4.78 is 1.09. The van der Waals surface area contributed by atoms with Crippen molar-refractivity contribution < 1.29 is 0 Å². The lowest BCUT2D eigenvalue weighted by molar-refractivity contribution is 0.398. The summed E-state index contributed by atoms with van der Waals surface area (Å²) in [7, 11) is 0. The van der Waals surface area contributed by atoms with Crippen LogP contribution in [0.3, 0.4) is 0 Å². The first-order valence-corrected chi connectivity index (χ1v) is 38.9. The lowest BCUT2D eigenvalue weighted by Crippen LogP contribution is -2.26. The lowest BCUT2D eigenvalue weighted by Gasteiger charge is -2.34. The maximum atomic E-state index is 3.68. The van der Waals surface area contributed by atoms with Gasteiger partial charge in [-0.2, -0.15) is 0 Å². The van der Waals surface area contributed by atoms with Crippen LogP contribution >= 0.6 is 15.9 Å². The van der Waals surface area contributed by atoms with Crippen LogP contribution in [0.1, 0.15) is 230 Å². The third kappa shape index (κ3) is 17.4. The molecule has 0 atom stereocenters. The lowest BCUT2D eigenvalue weighted by atomic mass is 9.70. The molecule has 0 heterocycles. The highest BCUT2D eigenvalue weighted by Crippen LogP contribution is 2.58. The Morgan fingerprint density at radius 3 is 0.835 bits per heavy atom. The van der Waals surface area contributed by atoms with Crippen LogP contribution in [0, 0.1) is 0 Å². The molecule has 0 aromatic heterocycles. The van der Waals surface area contributed by atoms with Crippen molar-refractivity contribution >= 4 is 50.1 Å². The summed E-state index contributed by atoms with van der Waals surface area (Å²) in [6, 6.07) is 92.7. The van der Waals surface area contributed by atoms with Gasteiger partial charge in [-0.25, -0.2) is 0 Å². The van der Waals surface area contributed by atoms with Crippen LogP contribution in [0.4, 0.5) is 34.1 Å². The Balaban J connectivity index is 0.000000197. The first kappa shape index (κ1) is 70.6. The van der Waals surface area contributed by atoms with E-state index in [2.05, 4.69) is 302 Å². The molecule has 502 valence electrons. The summed E-state index contributed by atoms with van der Waals surface area (Å²) in [6.45, 7) is 9.26. The molecule has 0 fully saturated rings. The topological polar surface area (TPSA) is 6.48 Å². The van der Waals surface area contributed by atoms with Gasteiger partial charge in [-0.1, -0.05) is 362 Å². The molecule has 2 aliphatic carbocycles. The van der Waals surface area contributed by atoms with Crippen LogP contribution in [0.5, 0.6) is 0 Å². The van der Waals surface area contributed by atoms with Crippen LogP contribution in [0.15, 0.2) is 253 Å². The summed E-state index contributed by atoms with van der Waals surface area (Å²) in [5, 5.41) is 0. The molecule has 0 aliphatic heterocycles. The molecule has 0 saturated carbocycles. The number of hydrogen-bond donors (Lipinski definition) is 0. The van der Waals surface area contributed by atoms with Crippen molar-refractivity contribution in [3.05, 3.63) is 275 Å². The van der Waals surface area contributed by atoms with Gasteiger partial charge < -0.3 is 9.80 Å². The normalized spacial score (nSPS) is 12.9. The minimum absolute atomic E-state index is 0.0556. The molecule has 2 nitrogen and oxygen atoms in total. The second-order valence-electron chi connectivity index (χ2n) is 28.1. The Labute approximate surface area is 594 Å². The highest BCUT2D eigenvalue weighted by atomic mass is 79.9. The minimum Gasteiger partial charge on any atom is -0.310 e. The number of nitrogens with zero attached hydrogens (tertiary/aromatic N) is 2. The van der Waals surface area contributed by atoms with Crippen molar-refractivity contribution in [3.8, 4) is 44.5 Å². The third-order valence-corrected chi connectivity index (χ3v) is 21.9.